The molecule has 10 nitrogen and oxygen atoms in total. The summed E-state index contributed by atoms with van der Waals surface area (Å²) in [5.41, 5.74) is 0.261. The van der Waals surface area contributed by atoms with E-state index < -0.39 is 4.92 Å². The largest absolute Gasteiger partial charge is 0.433 e. The molecule has 3 rings (SSSR count). The molecule has 1 fully saturated rings. The van der Waals surface area contributed by atoms with Crippen LogP contribution in [0.15, 0.2) is 29.6 Å². The fraction of sp³-hybridized carbons (Fsp3) is 0.353. The van der Waals surface area contributed by atoms with E-state index in [1.54, 1.807) is 48.4 Å². The molecule has 0 unspecified atom stereocenters. The first-order valence-electron chi connectivity index (χ1n) is 8.46. The van der Waals surface area contributed by atoms with Gasteiger partial charge in [-0.25, -0.2) is 4.98 Å². The van der Waals surface area contributed by atoms with E-state index in [-0.39, 0.29) is 17.4 Å². The third kappa shape index (κ3) is 4.65. The standard InChI is InChI=1S/C17H19ClN6O4/c1-22(2)21-10-12-9-13(18)3-4-14(12)28-17-15(24(25)26)16(19-11-20-17)23-5-7-27-8-6-23/h3-4,9-11H,5-8H2,1-2H3. The quantitative estimate of drug-likeness (QED) is 0.409. The summed E-state index contributed by atoms with van der Waals surface area (Å²) in [6.45, 7) is 1.94. The smallest absolute Gasteiger partial charge is 0.373 e. The van der Waals surface area contributed by atoms with Gasteiger partial charge < -0.3 is 19.4 Å². The number of nitro groups is 1. The van der Waals surface area contributed by atoms with Crippen molar-refractivity contribution in [1.82, 2.24) is 15.0 Å². The van der Waals surface area contributed by atoms with Crippen molar-refractivity contribution >= 4 is 29.3 Å². The Morgan fingerprint density at radius 1 is 1.36 bits per heavy atom. The highest BCUT2D eigenvalue weighted by molar-refractivity contribution is 6.30. The summed E-state index contributed by atoms with van der Waals surface area (Å²) in [5, 5.41) is 18.0. The molecular weight excluding hydrogens is 388 g/mol. The Labute approximate surface area is 166 Å². The van der Waals surface area contributed by atoms with E-state index in [9.17, 15) is 10.1 Å². The summed E-state index contributed by atoms with van der Waals surface area (Å²) in [6, 6.07) is 4.89. The van der Waals surface area contributed by atoms with E-state index in [0.29, 0.717) is 42.6 Å². The lowest BCUT2D eigenvalue weighted by molar-refractivity contribution is -0.385. The number of benzene rings is 1. The van der Waals surface area contributed by atoms with Crippen LogP contribution in [0.25, 0.3) is 0 Å². The van der Waals surface area contributed by atoms with Crippen LogP contribution in [0, 0.1) is 10.1 Å². The van der Waals surface area contributed by atoms with E-state index >= 15 is 0 Å². The van der Waals surface area contributed by atoms with E-state index in [0.717, 1.165) is 0 Å². The summed E-state index contributed by atoms with van der Waals surface area (Å²) in [7, 11) is 3.54. The minimum Gasteiger partial charge on any atom is -0.433 e. The van der Waals surface area contributed by atoms with Crippen LogP contribution < -0.4 is 9.64 Å². The van der Waals surface area contributed by atoms with Gasteiger partial charge in [0.25, 0.3) is 0 Å². The molecule has 2 aromatic rings. The Bertz CT molecular complexity index is 886. The van der Waals surface area contributed by atoms with Crippen molar-refractivity contribution in [1.29, 1.82) is 0 Å². The number of anilines is 1. The Morgan fingerprint density at radius 2 is 2.11 bits per heavy atom. The van der Waals surface area contributed by atoms with E-state index in [2.05, 4.69) is 15.1 Å². The number of hydrazone groups is 1. The number of hydrogen-bond acceptors (Lipinski definition) is 9. The molecular formula is C17H19ClN6O4. The van der Waals surface area contributed by atoms with Crippen molar-refractivity contribution in [2.24, 2.45) is 5.10 Å². The minimum atomic E-state index is -0.538. The normalized spacial score (nSPS) is 14.3. The van der Waals surface area contributed by atoms with Gasteiger partial charge in [0.2, 0.25) is 5.82 Å². The van der Waals surface area contributed by atoms with Gasteiger partial charge in [0.15, 0.2) is 0 Å². The van der Waals surface area contributed by atoms with Crippen molar-refractivity contribution in [3.63, 3.8) is 0 Å². The molecule has 1 saturated heterocycles. The summed E-state index contributed by atoms with van der Waals surface area (Å²) in [5.74, 6) is 0.392. The average molecular weight is 407 g/mol. The third-order valence-electron chi connectivity index (χ3n) is 3.87. The van der Waals surface area contributed by atoms with E-state index in [1.807, 2.05) is 0 Å². The maximum Gasteiger partial charge on any atom is 0.373 e. The third-order valence-corrected chi connectivity index (χ3v) is 4.10. The van der Waals surface area contributed by atoms with Gasteiger partial charge in [0.05, 0.1) is 24.4 Å². The molecule has 0 N–H and O–H groups in total. The van der Waals surface area contributed by atoms with Gasteiger partial charge in [0.1, 0.15) is 12.1 Å². The number of aromatic nitrogens is 2. The Kier molecular flexibility index (Phi) is 6.22. The molecule has 0 atom stereocenters. The predicted octanol–water partition coefficient (Wildman–Crippen LogP) is 2.56. The van der Waals surface area contributed by atoms with Crippen molar-refractivity contribution in [3.8, 4) is 11.6 Å². The zero-order chi connectivity index (χ0) is 20.1. The minimum absolute atomic E-state index is 0.150. The van der Waals surface area contributed by atoms with Crippen LogP contribution >= 0.6 is 11.6 Å². The summed E-state index contributed by atoms with van der Waals surface area (Å²) in [6.07, 6.45) is 2.80. The first-order chi connectivity index (χ1) is 13.5. The average Bonchev–Trinajstić information content (AvgIpc) is 2.68. The summed E-state index contributed by atoms with van der Waals surface area (Å²) in [4.78, 5) is 21.1. The van der Waals surface area contributed by atoms with Gasteiger partial charge in [-0.1, -0.05) is 11.6 Å². The van der Waals surface area contributed by atoms with Crippen molar-refractivity contribution in [3.05, 3.63) is 45.2 Å². The van der Waals surface area contributed by atoms with Crippen LogP contribution in [0.5, 0.6) is 11.6 Å². The van der Waals surface area contributed by atoms with Gasteiger partial charge in [0, 0.05) is 37.8 Å². The van der Waals surface area contributed by atoms with Crippen molar-refractivity contribution < 1.29 is 14.4 Å². The first kappa shape index (κ1) is 19.8. The molecule has 0 saturated carbocycles. The van der Waals surface area contributed by atoms with Crippen LogP contribution in [-0.4, -0.2) is 66.5 Å². The highest BCUT2D eigenvalue weighted by Crippen LogP contribution is 2.37. The second kappa shape index (κ2) is 8.81. The lowest BCUT2D eigenvalue weighted by Gasteiger charge is -2.27. The molecule has 0 amide bonds. The topological polar surface area (TPSA) is 106 Å². The van der Waals surface area contributed by atoms with Crippen LogP contribution in [0.1, 0.15) is 5.56 Å². The number of morpholine rings is 1. The SMILES string of the molecule is CN(C)N=Cc1cc(Cl)ccc1Oc1ncnc(N2CCOCC2)c1[N+](=O)[O-]. The van der Waals surface area contributed by atoms with Crippen LogP contribution in [0.2, 0.25) is 5.02 Å². The molecule has 0 bridgehead atoms. The second-order valence-corrected chi connectivity index (χ2v) is 6.52. The number of halogens is 1. The Balaban J connectivity index is 2.00. The number of hydrogen-bond donors (Lipinski definition) is 0. The molecule has 2 heterocycles. The molecule has 148 valence electrons. The maximum atomic E-state index is 11.8. The van der Waals surface area contributed by atoms with Gasteiger partial charge >= 0.3 is 11.6 Å². The number of nitrogens with zero attached hydrogens (tertiary/aromatic N) is 6. The van der Waals surface area contributed by atoms with Gasteiger partial charge in [-0.05, 0) is 18.2 Å². The highest BCUT2D eigenvalue weighted by Gasteiger charge is 2.30. The van der Waals surface area contributed by atoms with Crippen LogP contribution in [0.4, 0.5) is 11.5 Å². The fourth-order valence-corrected chi connectivity index (χ4v) is 2.77. The molecule has 0 aliphatic carbocycles. The number of ether oxygens (including phenoxy) is 2. The first-order valence-corrected chi connectivity index (χ1v) is 8.84. The molecule has 1 aromatic heterocycles. The van der Waals surface area contributed by atoms with E-state index in [1.165, 1.54) is 6.33 Å². The Morgan fingerprint density at radius 3 is 2.79 bits per heavy atom. The zero-order valence-corrected chi connectivity index (χ0v) is 16.2. The monoisotopic (exact) mass is 406 g/mol. The Hall–Kier alpha value is -2.98. The molecule has 1 aliphatic rings. The molecule has 0 radical (unpaired) electrons. The molecule has 1 aliphatic heterocycles. The summed E-state index contributed by atoms with van der Waals surface area (Å²) < 4.78 is 11.1. The predicted molar refractivity (Wildman–Crippen MR) is 105 cm³/mol. The summed E-state index contributed by atoms with van der Waals surface area (Å²) >= 11 is 6.06. The van der Waals surface area contributed by atoms with Crippen LogP contribution in [-0.2, 0) is 4.74 Å². The van der Waals surface area contributed by atoms with Gasteiger partial charge in [-0.2, -0.15) is 10.1 Å². The fourth-order valence-electron chi connectivity index (χ4n) is 2.59. The van der Waals surface area contributed by atoms with Crippen molar-refractivity contribution in [2.45, 2.75) is 0 Å². The number of rotatable bonds is 6. The maximum absolute atomic E-state index is 11.8. The van der Waals surface area contributed by atoms with Gasteiger partial charge in [-0.3, -0.25) is 10.1 Å². The molecule has 11 heteroatoms. The van der Waals surface area contributed by atoms with Crippen molar-refractivity contribution in [2.75, 3.05) is 45.3 Å². The lowest BCUT2D eigenvalue weighted by Crippen LogP contribution is -2.37. The highest BCUT2D eigenvalue weighted by atomic mass is 35.5. The molecule has 1 aromatic carbocycles. The molecule has 28 heavy (non-hydrogen) atoms. The van der Waals surface area contributed by atoms with Crippen LogP contribution in [0.3, 0.4) is 0 Å². The molecule has 0 spiro atoms. The van der Waals surface area contributed by atoms with Gasteiger partial charge in [-0.15, -0.1) is 0 Å². The second-order valence-electron chi connectivity index (χ2n) is 6.08. The zero-order valence-electron chi connectivity index (χ0n) is 15.4. The lowest BCUT2D eigenvalue weighted by atomic mass is 10.2. The van der Waals surface area contributed by atoms with E-state index in [4.69, 9.17) is 21.1 Å².